The highest BCUT2D eigenvalue weighted by atomic mass is 19.1. The number of rotatable bonds is 6. The molecule has 1 aliphatic carbocycles. The lowest BCUT2D eigenvalue weighted by Gasteiger charge is -2.09. The zero-order valence-corrected chi connectivity index (χ0v) is 16.2. The normalized spacial score (nSPS) is 12.6. The van der Waals surface area contributed by atoms with Crippen LogP contribution in [0.4, 0.5) is 4.39 Å². The number of hydrogen-bond donors (Lipinski definition) is 1. The first-order chi connectivity index (χ1) is 14.5. The molecule has 2 aromatic heterocycles. The van der Waals surface area contributed by atoms with Gasteiger partial charge in [0.25, 0.3) is 11.1 Å². The van der Waals surface area contributed by atoms with Crippen molar-refractivity contribution in [2.75, 3.05) is 6.54 Å². The van der Waals surface area contributed by atoms with Crippen LogP contribution >= 0.6 is 0 Å². The first-order valence-electron chi connectivity index (χ1n) is 9.68. The first-order valence-corrected chi connectivity index (χ1v) is 9.68. The lowest BCUT2D eigenvalue weighted by atomic mass is 10.1. The van der Waals surface area contributed by atoms with Gasteiger partial charge in [-0.1, -0.05) is 0 Å². The molecule has 8 nitrogen and oxygen atoms in total. The number of fused-ring (bicyclic) bond motifs is 1. The van der Waals surface area contributed by atoms with Crippen LogP contribution in [0.3, 0.4) is 0 Å². The van der Waals surface area contributed by atoms with Crippen LogP contribution in [0.5, 0.6) is 0 Å². The summed E-state index contributed by atoms with van der Waals surface area (Å²) in [5, 5.41) is 7.04. The van der Waals surface area contributed by atoms with Crippen LogP contribution in [0.1, 0.15) is 17.7 Å². The third-order valence-corrected chi connectivity index (χ3v) is 5.00. The molecule has 154 valence electrons. The molecule has 3 aromatic rings. The highest BCUT2D eigenvalue weighted by molar-refractivity contribution is 5.75. The number of nitrogens with zero attached hydrogens (tertiary/aromatic N) is 4. The van der Waals surface area contributed by atoms with Crippen LogP contribution in [-0.4, -0.2) is 31.8 Å². The van der Waals surface area contributed by atoms with Crippen LogP contribution < -0.4 is 16.4 Å². The molecule has 1 aromatic carbocycles. The van der Waals surface area contributed by atoms with Crippen molar-refractivity contribution in [3.63, 3.8) is 0 Å². The molecule has 0 radical (unpaired) electrons. The molecule has 0 saturated heterocycles. The number of aromatic nitrogens is 4. The number of hydrogen-bond acceptors (Lipinski definition) is 5. The Morgan fingerprint density at radius 3 is 2.67 bits per heavy atom. The summed E-state index contributed by atoms with van der Waals surface area (Å²) in [4.78, 5) is 40.7. The number of nitrogens with one attached hydrogen (secondary N) is 1. The fourth-order valence-electron chi connectivity index (χ4n) is 3.43. The second kappa shape index (κ2) is 8.40. The maximum Gasteiger partial charge on any atom is 0.267 e. The van der Waals surface area contributed by atoms with Crippen molar-refractivity contribution in [2.24, 2.45) is 0 Å². The van der Waals surface area contributed by atoms with Gasteiger partial charge in [-0.3, -0.25) is 19.0 Å². The number of amides is 1. The summed E-state index contributed by atoms with van der Waals surface area (Å²) < 4.78 is 15.6. The van der Waals surface area contributed by atoms with Crippen LogP contribution in [0, 0.1) is 5.82 Å². The van der Waals surface area contributed by atoms with Crippen molar-refractivity contribution in [3.8, 4) is 11.3 Å². The average Bonchev–Trinajstić information content (AvgIpc) is 3.17. The minimum absolute atomic E-state index is 0.179. The van der Waals surface area contributed by atoms with Gasteiger partial charge in [0.2, 0.25) is 5.91 Å². The molecule has 1 N–H and O–H groups in total. The lowest BCUT2D eigenvalue weighted by Crippen LogP contribution is -2.36. The molecule has 30 heavy (non-hydrogen) atoms. The van der Waals surface area contributed by atoms with Gasteiger partial charge in [0.15, 0.2) is 0 Å². The van der Waals surface area contributed by atoms with Crippen molar-refractivity contribution in [3.05, 3.63) is 80.5 Å². The monoisotopic (exact) mass is 409 g/mol. The van der Waals surface area contributed by atoms with Gasteiger partial charge in [-0.25, -0.2) is 14.1 Å². The number of benzene rings is 1. The van der Waals surface area contributed by atoms with Crippen molar-refractivity contribution in [1.82, 2.24) is 24.6 Å². The molecule has 0 aliphatic heterocycles. The van der Waals surface area contributed by atoms with E-state index in [9.17, 15) is 18.8 Å². The Balaban J connectivity index is 1.35. The quantitative estimate of drug-likeness (QED) is 0.653. The van der Waals surface area contributed by atoms with Crippen LogP contribution in [0.2, 0.25) is 0 Å². The van der Waals surface area contributed by atoms with E-state index in [1.54, 1.807) is 6.07 Å². The topological polar surface area (TPSA) is 98.9 Å². The molecule has 0 bridgehead atoms. The van der Waals surface area contributed by atoms with Gasteiger partial charge >= 0.3 is 0 Å². The molecule has 0 atom stereocenters. The average molecular weight is 409 g/mol. The zero-order valence-electron chi connectivity index (χ0n) is 16.2. The SMILES string of the molecule is O=C(Cn1cnc(-c2ccc(F)cc2)cc1=O)NCCn1nc2c(cc1=O)CCC2. The Kier molecular flexibility index (Phi) is 5.51. The highest BCUT2D eigenvalue weighted by Crippen LogP contribution is 2.17. The second-order valence-corrected chi connectivity index (χ2v) is 7.13. The number of halogens is 1. The maximum atomic E-state index is 13.0. The largest absolute Gasteiger partial charge is 0.353 e. The Morgan fingerprint density at radius 2 is 1.90 bits per heavy atom. The van der Waals surface area contributed by atoms with Crippen LogP contribution in [0.15, 0.2) is 52.3 Å². The summed E-state index contributed by atoms with van der Waals surface area (Å²) in [7, 11) is 0. The van der Waals surface area contributed by atoms with E-state index in [1.165, 1.54) is 45.9 Å². The predicted molar refractivity (Wildman–Crippen MR) is 107 cm³/mol. The molecule has 2 heterocycles. The Morgan fingerprint density at radius 1 is 1.10 bits per heavy atom. The van der Waals surface area contributed by atoms with E-state index in [2.05, 4.69) is 15.4 Å². The minimum atomic E-state index is -0.393. The van der Waals surface area contributed by atoms with Crippen LogP contribution in [0.25, 0.3) is 11.3 Å². The Labute approximate surface area is 171 Å². The molecule has 0 saturated carbocycles. The summed E-state index contributed by atoms with van der Waals surface area (Å²) in [6, 6.07) is 8.56. The van der Waals surface area contributed by atoms with Gasteiger partial charge in [-0.05, 0) is 49.1 Å². The number of carbonyl (C=O) groups excluding carboxylic acids is 1. The summed E-state index contributed by atoms with van der Waals surface area (Å²) >= 11 is 0. The maximum absolute atomic E-state index is 13.0. The summed E-state index contributed by atoms with van der Waals surface area (Å²) in [5.74, 6) is -0.747. The molecule has 0 fully saturated rings. The van der Waals surface area contributed by atoms with E-state index >= 15 is 0 Å². The van der Waals surface area contributed by atoms with Crippen molar-refractivity contribution < 1.29 is 9.18 Å². The highest BCUT2D eigenvalue weighted by Gasteiger charge is 2.14. The number of aryl methyl sites for hydroxylation is 2. The third kappa shape index (κ3) is 4.35. The summed E-state index contributed by atoms with van der Waals surface area (Å²) in [6.07, 6.45) is 4.04. The van der Waals surface area contributed by atoms with E-state index in [1.807, 2.05) is 0 Å². The predicted octanol–water partition coefficient (Wildman–Crippen LogP) is 0.911. The van der Waals surface area contributed by atoms with Gasteiger partial charge in [-0.2, -0.15) is 5.10 Å². The molecule has 1 aliphatic rings. The minimum Gasteiger partial charge on any atom is -0.353 e. The molecular weight excluding hydrogens is 389 g/mol. The van der Waals surface area contributed by atoms with E-state index in [-0.39, 0.29) is 36.9 Å². The van der Waals surface area contributed by atoms with Crippen molar-refractivity contribution in [1.29, 1.82) is 0 Å². The number of carbonyl (C=O) groups is 1. The fourth-order valence-corrected chi connectivity index (χ4v) is 3.43. The molecule has 4 rings (SSSR count). The second-order valence-electron chi connectivity index (χ2n) is 7.13. The van der Waals surface area contributed by atoms with E-state index in [4.69, 9.17) is 0 Å². The van der Waals surface area contributed by atoms with Gasteiger partial charge in [0.1, 0.15) is 12.4 Å². The molecule has 0 unspecified atom stereocenters. The molecule has 0 spiro atoms. The molecular formula is C21H20FN5O3. The lowest BCUT2D eigenvalue weighted by molar-refractivity contribution is -0.121. The van der Waals surface area contributed by atoms with E-state index in [0.717, 1.165) is 30.5 Å². The smallest absolute Gasteiger partial charge is 0.267 e. The molecule has 1 amide bonds. The zero-order chi connectivity index (χ0) is 21.1. The van der Waals surface area contributed by atoms with E-state index < -0.39 is 5.56 Å². The molecule has 9 heteroatoms. The van der Waals surface area contributed by atoms with Crippen molar-refractivity contribution >= 4 is 5.91 Å². The van der Waals surface area contributed by atoms with Crippen molar-refractivity contribution in [2.45, 2.75) is 32.4 Å². The van der Waals surface area contributed by atoms with Gasteiger partial charge in [0.05, 0.1) is 24.3 Å². The fraction of sp³-hybridized carbons (Fsp3) is 0.286. The Bertz CT molecular complexity index is 1200. The standard InChI is InChI=1S/C21H20FN5O3/c22-16-6-4-14(5-7-16)18-11-20(29)26(13-24-18)12-19(28)23-8-9-27-21(30)10-15-2-1-3-17(15)25-27/h4-7,10-11,13H,1-3,8-9,12H2,(H,23,28). The van der Waals surface area contributed by atoms with Gasteiger partial charge in [-0.15, -0.1) is 0 Å². The van der Waals surface area contributed by atoms with E-state index in [0.29, 0.717) is 11.3 Å². The summed E-state index contributed by atoms with van der Waals surface area (Å²) in [6.45, 7) is 0.289. The van der Waals surface area contributed by atoms with Crippen LogP contribution in [-0.2, 0) is 30.7 Å². The third-order valence-electron chi connectivity index (χ3n) is 5.00. The first kappa shape index (κ1) is 19.7. The summed E-state index contributed by atoms with van der Waals surface area (Å²) in [5.41, 5.74) is 2.39. The van der Waals surface area contributed by atoms with Gasteiger partial charge in [0, 0.05) is 24.2 Å². The van der Waals surface area contributed by atoms with Gasteiger partial charge < -0.3 is 5.32 Å². The Hall–Kier alpha value is -3.62.